The van der Waals surface area contributed by atoms with Crippen molar-refractivity contribution in [3.05, 3.63) is 99.8 Å². The standard InChI is InChI=1S/C19H13Cl2NO/c20-15-10-6-9-14(18(15)21)19(23)17(13-7-2-1-3-8-13)16-11-4-5-12-22-16/h1-12,23H/b19-17+. The van der Waals surface area contributed by atoms with E-state index in [-0.39, 0.29) is 5.76 Å². The summed E-state index contributed by atoms with van der Waals surface area (Å²) in [5.74, 6) is 0.0439. The number of hydrogen-bond acceptors (Lipinski definition) is 2. The maximum Gasteiger partial charge on any atom is 0.134 e. The summed E-state index contributed by atoms with van der Waals surface area (Å²) in [5.41, 5.74) is 2.59. The number of aliphatic hydroxyl groups excluding tert-OH is 1. The normalized spacial score (nSPS) is 11.9. The molecule has 0 fully saturated rings. The van der Waals surface area contributed by atoms with E-state index in [4.69, 9.17) is 23.2 Å². The number of halogens is 2. The first-order valence-electron chi connectivity index (χ1n) is 7.03. The van der Waals surface area contributed by atoms with Gasteiger partial charge in [-0.1, -0.05) is 65.7 Å². The zero-order valence-electron chi connectivity index (χ0n) is 12.1. The molecule has 0 saturated carbocycles. The van der Waals surface area contributed by atoms with E-state index in [1.807, 2.05) is 48.5 Å². The number of aromatic nitrogens is 1. The summed E-state index contributed by atoms with van der Waals surface area (Å²) in [6.07, 6.45) is 1.69. The molecule has 23 heavy (non-hydrogen) atoms. The summed E-state index contributed by atoms with van der Waals surface area (Å²) in [6.45, 7) is 0. The average molecular weight is 342 g/mol. The lowest BCUT2D eigenvalue weighted by Gasteiger charge is -2.13. The summed E-state index contributed by atoms with van der Waals surface area (Å²) in [4.78, 5) is 4.36. The molecule has 114 valence electrons. The number of nitrogens with zero attached hydrogens (tertiary/aromatic N) is 1. The van der Waals surface area contributed by atoms with E-state index < -0.39 is 0 Å². The molecule has 0 amide bonds. The second-order valence-corrected chi connectivity index (χ2v) is 5.69. The van der Waals surface area contributed by atoms with E-state index in [1.54, 1.807) is 24.4 Å². The summed E-state index contributed by atoms with van der Waals surface area (Å²) in [6, 6.07) is 20.3. The number of rotatable bonds is 3. The van der Waals surface area contributed by atoms with E-state index in [0.717, 1.165) is 5.56 Å². The topological polar surface area (TPSA) is 33.1 Å². The van der Waals surface area contributed by atoms with E-state index in [0.29, 0.717) is 26.9 Å². The largest absolute Gasteiger partial charge is 0.507 e. The van der Waals surface area contributed by atoms with Gasteiger partial charge in [-0.2, -0.15) is 0 Å². The van der Waals surface area contributed by atoms with Gasteiger partial charge in [0, 0.05) is 17.3 Å². The number of aliphatic hydroxyl groups is 1. The molecule has 2 aromatic carbocycles. The van der Waals surface area contributed by atoms with Crippen molar-refractivity contribution < 1.29 is 5.11 Å². The smallest absolute Gasteiger partial charge is 0.134 e. The maximum atomic E-state index is 10.9. The van der Waals surface area contributed by atoms with E-state index >= 15 is 0 Å². The molecule has 1 aromatic heterocycles. The van der Waals surface area contributed by atoms with Crippen molar-refractivity contribution in [3.63, 3.8) is 0 Å². The monoisotopic (exact) mass is 341 g/mol. The fraction of sp³-hybridized carbons (Fsp3) is 0. The van der Waals surface area contributed by atoms with Crippen molar-refractivity contribution in [1.29, 1.82) is 0 Å². The predicted octanol–water partition coefficient (Wildman–Crippen LogP) is 5.86. The molecule has 1 heterocycles. The van der Waals surface area contributed by atoms with Crippen molar-refractivity contribution in [3.8, 4) is 0 Å². The average Bonchev–Trinajstić information content (AvgIpc) is 2.59. The zero-order chi connectivity index (χ0) is 16.2. The van der Waals surface area contributed by atoms with Crippen LogP contribution in [0.4, 0.5) is 0 Å². The quantitative estimate of drug-likeness (QED) is 0.477. The van der Waals surface area contributed by atoms with Gasteiger partial charge in [0.1, 0.15) is 5.76 Å². The second kappa shape index (κ2) is 6.86. The predicted molar refractivity (Wildman–Crippen MR) is 95.7 cm³/mol. The Hall–Kier alpha value is -2.29. The molecule has 0 aliphatic carbocycles. The highest BCUT2D eigenvalue weighted by molar-refractivity contribution is 6.43. The SMILES string of the molecule is O/C(=C(\c1ccccc1)c1ccccn1)c1cccc(Cl)c1Cl. The Balaban J connectivity index is 2.28. The lowest BCUT2D eigenvalue weighted by Crippen LogP contribution is -1.97. The fourth-order valence-corrected chi connectivity index (χ4v) is 2.73. The Bertz CT molecular complexity index is 804. The summed E-state index contributed by atoms with van der Waals surface area (Å²) < 4.78 is 0. The minimum Gasteiger partial charge on any atom is -0.507 e. The van der Waals surface area contributed by atoms with Crippen LogP contribution in [-0.4, -0.2) is 10.1 Å². The lowest BCUT2D eigenvalue weighted by molar-refractivity contribution is 0.513. The van der Waals surface area contributed by atoms with Gasteiger partial charge >= 0.3 is 0 Å². The lowest BCUT2D eigenvalue weighted by atomic mass is 9.97. The second-order valence-electron chi connectivity index (χ2n) is 4.91. The highest BCUT2D eigenvalue weighted by Gasteiger charge is 2.17. The molecule has 0 bridgehead atoms. The molecule has 0 aliphatic rings. The molecule has 3 rings (SSSR count). The van der Waals surface area contributed by atoms with Crippen LogP contribution in [0.25, 0.3) is 11.3 Å². The molecular weight excluding hydrogens is 329 g/mol. The fourth-order valence-electron chi connectivity index (χ4n) is 2.34. The first kappa shape index (κ1) is 15.6. The van der Waals surface area contributed by atoms with Crippen molar-refractivity contribution >= 4 is 34.5 Å². The summed E-state index contributed by atoms with van der Waals surface area (Å²) in [7, 11) is 0. The van der Waals surface area contributed by atoms with Crippen LogP contribution >= 0.6 is 23.2 Å². The van der Waals surface area contributed by atoms with Crippen molar-refractivity contribution in [2.75, 3.05) is 0 Å². The van der Waals surface area contributed by atoms with Gasteiger partial charge in [0.05, 0.1) is 15.7 Å². The van der Waals surface area contributed by atoms with Gasteiger partial charge in [-0.15, -0.1) is 0 Å². The van der Waals surface area contributed by atoms with Gasteiger partial charge in [-0.05, 0) is 29.8 Å². The number of hydrogen-bond donors (Lipinski definition) is 1. The number of pyridine rings is 1. The van der Waals surface area contributed by atoms with Crippen molar-refractivity contribution in [2.24, 2.45) is 0 Å². The zero-order valence-corrected chi connectivity index (χ0v) is 13.6. The molecule has 4 heteroatoms. The Kier molecular flexibility index (Phi) is 4.65. The Morgan fingerprint density at radius 3 is 2.26 bits per heavy atom. The van der Waals surface area contributed by atoms with Gasteiger partial charge in [0.2, 0.25) is 0 Å². The minimum absolute atomic E-state index is 0.0439. The molecule has 0 spiro atoms. The van der Waals surface area contributed by atoms with E-state index in [9.17, 15) is 5.11 Å². The van der Waals surface area contributed by atoms with Gasteiger partial charge in [-0.25, -0.2) is 0 Å². The molecule has 0 unspecified atom stereocenters. The molecule has 0 atom stereocenters. The minimum atomic E-state index is 0.0439. The highest BCUT2D eigenvalue weighted by atomic mass is 35.5. The van der Waals surface area contributed by atoms with Gasteiger partial charge in [0.15, 0.2) is 0 Å². The Morgan fingerprint density at radius 2 is 1.57 bits per heavy atom. The van der Waals surface area contributed by atoms with Crippen LogP contribution in [-0.2, 0) is 0 Å². The van der Waals surface area contributed by atoms with Crippen LogP contribution in [0, 0.1) is 0 Å². The van der Waals surface area contributed by atoms with Crippen LogP contribution < -0.4 is 0 Å². The van der Waals surface area contributed by atoms with Crippen LogP contribution in [0.15, 0.2) is 72.9 Å². The Morgan fingerprint density at radius 1 is 0.826 bits per heavy atom. The highest BCUT2D eigenvalue weighted by Crippen LogP contribution is 2.35. The summed E-state index contributed by atoms with van der Waals surface area (Å²) >= 11 is 12.3. The van der Waals surface area contributed by atoms with Crippen molar-refractivity contribution in [1.82, 2.24) is 4.98 Å². The molecule has 3 aromatic rings. The first-order valence-corrected chi connectivity index (χ1v) is 7.78. The third-order valence-corrected chi connectivity index (χ3v) is 4.25. The van der Waals surface area contributed by atoms with Gasteiger partial charge in [-0.3, -0.25) is 4.98 Å². The van der Waals surface area contributed by atoms with Crippen molar-refractivity contribution in [2.45, 2.75) is 0 Å². The van der Waals surface area contributed by atoms with Crippen LogP contribution in [0.2, 0.25) is 10.0 Å². The molecule has 1 N–H and O–H groups in total. The maximum absolute atomic E-state index is 10.9. The Labute approximate surface area is 144 Å². The summed E-state index contributed by atoms with van der Waals surface area (Å²) in [5, 5.41) is 11.6. The number of benzene rings is 2. The molecule has 0 aliphatic heterocycles. The van der Waals surface area contributed by atoms with E-state index in [1.165, 1.54) is 0 Å². The van der Waals surface area contributed by atoms with Crippen LogP contribution in [0.1, 0.15) is 16.8 Å². The van der Waals surface area contributed by atoms with Gasteiger partial charge < -0.3 is 5.11 Å². The van der Waals surface area contributed by atoms with Crippen LogP contribution in [0.3, 0.4) is 0 Å². The van der Waals surface area contributed by atoms with E-state index in [2.05, 4.69) is 4.98 Å². The molecular formula is C19H13Cl2NO. The van der Waals surface area contributed by atoms with Crippen LogP contribution in [0.5, 0.6) is 0 Å². The third kappa shape index (κ3) is 3.24. The molecule has 0 saturated heterocycles. The molecule has 2 nitrogen and oxygen atoms in total. The first-order chi connectivity index (χ1) is 11.2. The molecule has 0 radical (unpaired) electrons. The third-order valence-electron chi connectivity index (χ3n) is 3.43. The van der Waals surface area contributed by atoms with Gasteiger partial charge in [0.25, 0.3) is 0 Å².